The first-order valence-electron chi connectivity index (χ1n) is 9.61. The monoisotopic (exact) mass is 325 g/mol. The highest BCUT2D eigenvalue weighted by Gasteiger charge is 2.23. The van der Waals surface area contributed by atoms with E-state index in [0.717, 1.165) is 71.3 Å². The van der Waals surface area contributed by atoms with E-state index < -0.39 is 0 Å². The number of piperidine rings is 1. The van der Waals surface area contributed by atoms with Gasteiger partial charge in [0.25, 0.3) is 0 Å². The molecule has 0 saturated carbocycles. The van der Waals surface area contributed by atoms with Gasteiger partial charge in [-0.05, 0) is 58.2 Å². The van der Waals surface area contributed by atoms with E-state index in [2.05, 4.69) is 4.90 Å². The minimum absolute atomic E-state index is 0.327. The molecule has 5 heteroatoms. The summed E-state index contributed by atoms with van der Waals surface area (Å²) >= 11 is 0. The highest BCUT2D eigenvalue weighted by molar-refractivity contribution is 5.76. The zero-order valence-electron chi connectivity index (χ0n) is 14.7. The Hall–Kier alpha value is -0.650. The summed E-state index contributed by atoms with van der Waals surface area (Å²) in [6, 6.07) is 0. The summed E-state index contributed by atoms with van der Waals surface area (Å²) in [4.78, 5) is 16.7. The van der Waals surface area contributed by atoms with Crippen molar-refractivity contribution in [1.29, 1.82) is 0 Å². The van der Waals surface area contributed by atoms with Gasteiger partial charge in [-0.15, -0.1) is 0 Å². The van der Waals surface area contributed by atoms with E-state index in [4.69, 9.17) is 10.5 Å². The van der Waals surface area contributed by atoms with Crippen LogP contribution < -0.4 is 5.73 Å². The van der Waals surface area contributed by atoms with Crippen LogP contribution in [-0.4, -0.2) is 67.7 Å². The van der Waals surface area contributed by atoms with Gasteiger partial charge in [0.1, 0.15) is 0 Å². The second-order valence-corrected chi connectivity index (χ2v) is 6.95. The van der Waals surface area contributed by atoms with Gasteiger partial charge >= 0.3 is 0 Å². The third-order valence-corrected chi connectivity index (χ3v) is 5.10. The van der Waals surface area contributed by atoms with Crippen LogP contribution in [0.3, 0.4) is 0 Å². The van der Waals surface area contributed by atoms with E-state index in [9.17, 15) is 4.79 Å². The summed E-state index contributed by atoms with van der Waals surface area (Å²) in [5, 5.41) is 0. The van der Waals surface area contributed by atoms with Crippen LogP contribution in [0.2, 0.25) is 0 Å². The number of ether oxygens (including phenoxy) is 1. The van der Waals surface area contributed by atoms with Gasteiger partial charge in [0.2, 0.25) is 5.91 Å². The van der Waals surface area contributed by atoms with E-state index in [1.54, 1.807) is 0 Å². The molecule has 2 rings (SSSR count). The number of nitrogens with zero attached hydrogens (tertiary/aromatic N) is 2. The Morgan fingerprint density at radius 3 is 2.39 bits per heavy atom. The van der Waals surface area contributed by atoms with E-state index in [1.807, 2.05) is 4.90 Å². The third-order valence-electron chi connectivity index (χ3n) is 5.10. The Balaban J connectivity index is 1.50. The molecule has 2 heterocycles. The van der Waals surface area contributed by atoms with Gasteiger partial charge in [0.15, 0.2) is 0 Å². The molecule has 0 atom stereocenters. The number of unbranched alkanes of at least 4 members (excludes halogenated alkanes) is 3. The Labute approximate surface area is 141 Å². The minimum atomic E-state index is 0.327. The molecule has 5 nitrogen and oxygen atoms in total. The first kappa shape index (κ1) is 18.7. The molecule has 0 aromatic heterocycles. The van der Waals surface area contributed by atoms with Crippen LogP contribution in [0, 0.1) is 0 Å². The molecule has 0 unspecified atom stereocenters. The third kappa shape index (κ3) is 7.19. The van der Waals surface area contributed by atoms with E-state index in [-0.39, 0.29) is 0 Å². The zero-order valence-corrected chi connectivity index (χ0v) is 14.7. The van der Waals surface area contributed by atoms with Crippen molar-refractivity contribution in [2.75, 3.05) is 45.9 Å². The highest BCUT2D eigenvalue weighted by Crippen LogP contribution is 2.16. The van der Waals surface area contributed by atoms with Gasteiger partial charge in [0.05, 0.1) is 12.7 Å². The summed E-state index contributed by atoms with van der Waals surface area (Å²) in [6.45, 7) is 6.90. The molecule has 134 valence electrons. The maximum absolute atomic E-state index is 12.2. The summed E-state index contributed by atoms with van der Waals surface area (Å²) < 4.78 is 6.01. The molecule has 0 aliphatic carbocycles. The van der Waals surface area contributed by atoms with Crippen molar-refractivity contribution in [2.45, 2.75) is 63.9 Å². The van der Waals surface area contributed by atoms with Crippen molar-refractivity contribution in [3.05, 3.63) is 0 Å². The second kappa shape index (κ2) is 11.0. The summed E-state index contributed by atoms with van der Waals surface area (Å²) in [5.41, 5.74) is 5.48. The Morgan fingerprint density at radius 2 is 1.70 bits per heavy atom. The fourth-order valence-electron chi connectivity index (χ4n) is 3.56. The number of likely N-dealkylation sites (tertiary alicyclic amines) is 2. The number of hydrogen-bond donors (Lipinski definition) is 1. The topological polar surface area (TPSA) is 58.8 Å². The quantitative estimate of drug-likeness (QED) is 0.624. The first-order valence-corrected chi connectivity index (χ1v) is 9.61. The first-order chi connectivity index (χ1) is 11.3. The molecule has 0 aromatic carbocycles. The molecule has 2 aliphatic heterocycles. The molecule has 2 fully saturated rings. The lowest BCUT2D eigenvalue weighted by Gasteiger charge is -2.32. The van der Waals surface area contributed by atoms with Crippen molar-refractivity contribution in [3.63, 3.8) is 0 Å². The van der Waals surface area contributed by atoms with Gasteiger partial charge in [-0.1, -0.05) is 12.8 Å². The Bertz CT molecular complexity index is 324. The minimum Gasteiger partial charge on any atom is -0.377 e. The molecule has 1 amide bonds. The zero-order chi connectivity index (χ0) is 16.3. The van der Waals surface area contributed by atoms with Crippen LogP contribution in [0.1, 0.15) is 57.8 Å². The Morgan fingerprint density at radius 1 is 1.00 bits per heavy atom. The van der Waals surface area contributed by atoms with Gasteiger partial charge < -0.3 is 20.3 Å². The molecule has 0 aromatic rings. The fraction of sp³-hybridized carbons (Fsp3) is 0.944. The number of rotatable bonds is 10. The normalized spacial score (nSPS) is 20.3. The van der Waals surface area contributed by atoms with Crippen LogP contribution in [0.25, 0.3) is 0 Å². The average Bonchev–Trinajstić information content (AvgIpc) is 3.08. The number of carbonyl (C=O) groups is 1. The van der Waals surface area contributed by atoms with Crippen molar-refractivity contribution < 1.29 is 9.53 Å². The molecule has 0 bridgehead atoms. The molecular formula is C18H35N3O2. The number of carbonyl (C=O) groups excluding carboxylic acids is 1. The predicted molar refractivity (Wildman–Crippen MR) is 93.4 cm³/mol. The number of nitrogens with two attached hydrogens (primary N) is 1. The SMILES string of the molecule is NCCCCCCC(=O)N1CCC(OCCN2CCCC2)CC1. The average molecular weight is 325 g/mol. The van der Waals surface area contributed by atoms with Gasteiger partial charge in [-0.2, -0.15) is 0 Å². The van der Waals surface area contributed by atoms with Crippen LogP contribution in [-0.2, 0) is 9.53 Å². The molecule has 2 N–H and O–H groups in total. The van der Waals surface area contributed by atoms with Crippen molar-refractivity contribution in [1.82, 2.24) is 9.80 Å². The standard InChI is InChI=1S/C18H35N3O2/c19-10-4-2-1-3-7-18(22)21-13-8-17(9-14-21)23-16-15-20-11-5-6-12-20/h17H,1-16,19H2. The van der Waals surface area contributed by atoms with Crippen LogP contribution in [0.5, 0.6) is 0 Å². The van der Waals surface area contributed by atoms with Crippen LogP contribution >= 0.6 is 0 Å². The van der Waals surface area contributed by atoms with Crippen molar-refractivity contribution >= 4 is 5.91 Å². The fourth-order valence-corrected chi connectivity index (χ4v) is 3.56. The largest absolute Gasteiger partial charge is 0.377 e. The lowest BCUT2D eigenvalue weighted by Crippen LogP contribution is -2.41. The van der Waals surface area contributed by atoms with Gasteiger partial charge in [0, 0.05) is 26.1 Å². The van der Waals surface area contributed by atoms with Gasteiger partial charge in [-0.3, -0.25) is 4.79 Å². The summed E-state index contributed by atoms with van der Waals surface area (Å²) in [6.07, 6.45) is 10.1. The lowest BCUT2D eigenvalue weighted by molar-refractivity contribution is -0.134. The second-order valence-electron chi connectivity index (χ2n) is 6.95. The molecule has 2 saturated heterocycles. The maximum atomic E-state index is 12.2. The van der Waals surface area contributed by atoms with Crippen LogP contribution in [0.4, 0.5) is 0 Å². The lowest BCUT2D eigenvalue weighted by atomic mass is 10.1. The molecular weight excluding hydrogens is 290 g/mol. The smallest absolute Gasteiger partial charge is 0.222 e. The van der Waals surface area contributed by atoms with E-state index in [1.165, 1.54) is 25.9 Å². The van der Waals surface area contributed by atoms with E-state index in [0.29, 0.717) is 18.4 Å². The van der Waals surface area contributed by atoms with Crippen molar-refractivity contribution in [2.24, 2.45) is 5.73 Å². The number of amides is 1. The highest BCUT2D eigenvalue weighted by atomic mass is 16.5. The Kier molecular flexibility index (Phi) is 8.94. The van der Waals surface area contributed by atoms with Crippen LogP contribution in [0.15, 0.2) is 0 Å². The summed E-state index contributed by atoms with van der Waals surface area (Å²) in [5.74, 6) is 0.327. The maximum Gasteiger partial charge on any atom is 0.222 e. The molecule has 2 aliphatic rings. The summed E-state index contributed by atoms with van der Waals surface area (Å²) in [7, 11) is 0. The molecule has 0 spiro atoms. The van der Waals surface area contributed by atoms with Gasteiger partial charge in [-0.25, -0.2) is 0 Å². The predicted octanol–water partition coefficient (Wildman–Crippen LogP) is 2.00. The molecule has 0 radical (unpaired) electrons. The van der Waals surface area contributed by atoms with E-state index >= 15 is 0 Å². The number of hydrogen-bond acceptors (Lipinski definition) is 4. The van der Waals surface area contributed by atoms with Crippen molar-refractivity contribution in [3.8, 4) is 0 Å². The molecule has 23 heavy (non-hydrogen) atoms.